The van der Waals surface area contributed by atoms with E-state index in [-0.39, 0.29) is 31.1 Å². The molecular formula is C65H120O6. The Hall–Kier alpha value is -2.37. The smallest absolute Gasteiger partial charge is 0.306 e. The SMILES string of the molecule is CC/C=C\C/C=C\C/C=C\CCCCCCCCCC(=O)OC(COC(=O)CCCCCCCCCCCCCCCCCCC)COC(=O)CCCCCCCCCCCCCCCCCCCCC. The van der Waals surface area contributed by atoms with Crippen LogP contribution >= 0.6 is 0 Å². The Morgan fingerprint density at radius 1 is 0.296 bits per heavy atom. The van der Waals surface area contributed by atoms with Gasteiger partial charge in [0.1, 0.15) is 13.2 Å². The average Bonchev–Trinajstić information content (AvgIpc) is 3.37. The molecule has 416 valence electrons. The molecule has 0 aromatic rings. The second-order valence-electron chi connectivity index (χ2n) is 21.3. The van der Waals surface area contributed by atoms with Crippen LogP contribution in [0.1, 0.15) is 342 Å². The lowest BCUT2D eigenvalue weighted by molar-refractivity contribution is -0.167. The third-order valence-electron chi connectivity index (χ3n) is 14.2. The number of ether oxygens (including phenoxy) is 3. The summed E-state index contributed by atoms with van der Waals surface area (Å²) in [5.74, 6) is -0.855. The van der Waals surface area contributed by atoms with Crippen molar-refractivity contribution in [1.29, 1.82) is 0 Å². The molecule has 1 unspecified atom stereocenters. The zero-order chi connectivity index (χ0) is 51.4. The fraction of sp³-hybridized carbons (Fsp3) is 0.862. The molecule has 0 bridgehead atoms. The molecule has 0 aliphatic rings. The monoisotopic (exact) mass is 997 g/mol. The van der Waals surface area contributed by atoms with Gasteiger partial charge in [-0.15, -0.1) is 0 Å². The molecule has 6 nitrogen and oxygen atoms in total. The van der Waals surface area contributed by atoms with Crippen LogP contribution in [0, 0.1) is 0 Å². The molecule has 6 heteroatoms. The van der Waals surface area contributed by atoms with Crippen molar-refractivity contribution in [1.82, 2.24) is 0 Å². The van der Waals surface area contributed by atoms with Crippen molar-refractivity contribution in [3.8, 4) is 0 Å². The predicted octanol–water partition coefficient (Wildman–Crippen LogP) is 21.2. The predicted molar refractivity (Wildman–Crippen MR) is 307 cm³/mol. The third-order valence-corrected chi connectivity index (χ3v) is 14.2. The summed E-state index contributed by atoms with van der Waals surface area (Å²) in [6.07, 6.45) is 72.9. The molecule has 1 atom stereocenters. The minimum Gasteiger partial charge on any atom is -0.462 e. The molecule has 0 aromatic heterocycles. The first-order valence-corrected chi connectivity index (χ1v) is 31.5. The van der Waals surface area contributed by atoms with Gasteiger partial charge in [-0.1, -0.05) is 308 Å². The maximum absolute atomic E-state index is 12.9. The van der Waals surface area contributed by atoms with Crippen LogP contribution in [0.15, 0.2) is 36.5 Å². The molecule has 0 aromatic carbocycles. The van der Waals surface area contributed by atoms with E-state index in [2.05, 4.69) is 57.2 Å². The van der Waals surface area contributed by atoms with Crippen LogP contribution in [0.5, 0.6) is 0 Å². The van der Waals surface area contributed by atoms with Gasteiger partial charge < -0.3 is 14.2 Å². The summed E-state index contributed by atoms with van der Waals surface area (Å²) in [4.78, 5) is 38.3. The van der Waals surface area contributed by atoms with E-state index in [1.54, 1.807) is 0 Å². The van der Waals surface area contributed by atoms with E-state index < -0.39 is 6.10 Å². The Morgan fingerprint density at radius 3 is 0.859 bits per heavy atom. The van der Waals surface area contributed by atoms with Gasteiger partial charge in [0.15, 0.2) is 6.10 Å². The molecule has 0 radical (unpaired) electrons. The number of rotatable bonds is 58. The van der Waals surface area contributed by atoms with Crippen LogP contribution in [0.25, 0.3) is 0 Å². The molecule has 0 spiro atoms. The summed E-state index contributed by atoms with van der Waals surface area (Å²) in [7, 11) is 0. The highest BCUT2D eigenvalue weighted by molar-refractivity contribution is 5.71. The first-order chi connectivity index (χ1) is 35.0. The maximum atomic E-state index is 12.9. The van der Waals surface area contributed by atoms with E-state index >= 15 is 0 Å². The normalized spacial score (nSPS) is 12.2. The van der Waals surface area contributed by atoms with E-state index in [1.807, 2.05) is 0 Å². The number of allylic oxidation sites excluding steroid dienone is 6. The van der Waals surface area contributed by atoms with Gasteiger partial charge >= 0.3 is 17.9 Å². The third kappa shape index (κ3) is 58.4. The van der Waals surface area contributed by atoms with Gasteiger partial charge in [-0.25, -0.2) is 0 Å². The summed E-state index contributed by atoms with van der Waals surface area (Å²) in [5.41, 5.74) is 0. The minimum atomic E-state index is -0.774. The van der Waals surface area contributed by atoms with Crippen molar-refractivity contribution in [3.05, 3.63) is 36.5 Å². The van der Waals surface area contributed by atoms with Crippen molar-refractivity contribution in [3.63, 3.8) is 0 Å². The molecule has 0 heterocycles. The molecule has 0 rings (SSSR count). The largest absolute Gasteiger partial charge is 0.462 e. The van der Waals surface area contributed by atoms with E-state index in [0.717, 1.165) is 83.5 Å². The lowest BCUT2D eigenvalue weighted by atomic mass is 10.0. The van der Waals surface area contributed by atoms with Gasteiger partial charge in [0.25, 0.3) is 0 Å². The molecule has 71 heavy (non-hydrogen) atoms. The van der Waals surface area contributed by atoms with E-state index in [0.29, 0.717) is 19.3 Å². The van der Waals surface area contributed by atoms with Crippen molar-refractivity contribution < 1.29 is 28.6 Å². The van der Waals surface area contributed by atoms with Gasteiger partial charge in [-0.3, -0.25) is 14.4 Å². The fourth-order valence-electron chi connectivity index (χ4n) is 9.46. The van der Waals surface area contributed by atoms with Gasteiger partial charge in [-0.2, -0.15) is 0 Å². The zero-order valence-corrected chi connectivity index (χ0v) is 47.8. The highest BCUT2D eigenvalue weighted by Gasteiger charge is 2.19. The number of carbonyl (C=O) groups excluding carboxylic acids is 3. The maximum Gasteiger partial charge on any atom is 0.306 e. The van der Waals surface area contributed by atoms with E-state index in [9.17, 15) is 14.4 Å². The quantitative estimate of drug-likeness (QED) is 0.0261. The number of hydrogen-bond donors (Lipinski definition) is 0. The highest BCUT2D eigenvalue weighted by atomic mass is 16.6. The number of hydrogen-bond acceptors (Lipinski definition) is 6. The number of esters is 3. The molecule has 0 amide bonds. The van der Waals surface area contributed by atoms with Gasteiger partial charge in [0, 0.05) is 19.3 Å². The Kier molecular flexibility index (Phi) is 58.2. The van der Waals surface area contributed by atoms with E-state index in [4.69, 9.17) is 14.2 Å². The van der Waals surface area contributed by atoms with Crippen LogP contribution < -0.4 is 0 Å². The minimum absolute atomic E-state index is 0.0708. The Balaban J connectivity index is 4.32. The summed E-state index contributed by atoms with van der Waals surface area (Å²) in [5, 5.41) is 0. The Morgan fingerprint density at radius 2 is 0.549 bits per heavy atom. The van der Waals surface area contributed by atoms with Crippen LogP contribution in [0.4, 0.5) is 0 Å². The topological polar surface area (TPSA) is 78.9 Å². The standard InChI is InChI=1S/C65H120O6/c1-4-7-10-13-16-19-22-25-28-31-32-35-37-40-43-46-49-52-55-58-64(67)70-61-62(71-65(68)59-56-53-50-47-44-41-38-34-30-27-24-21-18-15-12-9-6-3)60-69-63(66)57-54-51-48-45-42-39-36-33-29-26-23-20-17-14-11-8-5-2/h9,12,18,21,27,30,62H,4-8,10-11,13-17,19-20,22-26,28-29,31-61H2,1-3H3/b12-9-,21-18-,30-27-. The molecule has 0 N–H and O–H groups in total. The summed E-state index contributed by atoms with van der Waals surface area (Å²) >= 11 is 0. The van der Waals surface area contributed by atoms with Crippen LogP contribution in [0.2, 0.25) is 0 Å². The highest BCUT2D eigenvalue weighted by Crippen LogP contribution is 2.18. The Labute approximate surface area is 442 Å². The van der Waals surface area contributed by atoms with Gasteiger partial charge in [0.2, 0.25) is 0 Å². The summed E-state index contributed by atoms with van der Waals surface area (Å²) in [6, 6.07) is 0. The molecule has 0 aliphatic carbocycles. The molecule has 0 fully saturated rings. The fourth-order valence-corrected chi connectivity index (χ4v) is 9.46. The molecular weight excluding hydrogens is 877 g/mol. The molecule has 0 saturated carbocycles. The van der Waals surface area contributed by atoms with Crippen LogP contribution in [-0.2, 0) is 28.6 Å². The second-order valence-corrected chi connectivity index (χ2v) is 21.3. The number of carbonyl (C=O) groups is 3. The van der Waals surface area contributed by atoms with Gasteiger partial charge in [-0.05, 0) is 51.4 Å². The van der Waals surface area contributed by atoms with Crippen molar-refractivity contribution >= 4 is 17.9 Å². The van der Waals surface area contributed by atoms with Gasteiger partial charge in [0.05, 0.1) is 0 Å². The first-order valence-electron chi connectivity index (χ1n) is 31.5. The average molecular weight is 998 g/mol. The van der Waals surface area contributed by atoms with Crippen LogP contribution in [0.3, 0.4) is 0 Å². The van der Waals surface area contributed by atoms with Crippen LogP contribution in [-0.4, -0.2) is 37.2 Å². The summed E-state index contributed by atoms with van der Waals surface area (Å²) < 4.78 is 16.9. The van der Waals surface area contributed by atoms with E-state index in [1.165, 1.54) is 218 Å². The number of unbranched alkanes of at least 4 members (excludes halogenated alkanes) is 41. The van der Waals surface area contributed by atoms with Crippen molar-refractivity contribution in [2.45, 2.75) is 348 Å². The van der Waals surface area contributed by atoms with Crippen molar-refractivity contribution in [2.75, 3.05) is 13.2 Å². The lowest BCUT2D eigenvalue weighted by Gasteiger charge is -2.18. The Bertz CT molecular complexity index is 1190. The van der Waals surface area contributed by atoms with Crippen molar-refractivity contribution in [2.24, 2.45) is 0 Å². The first kappa shape index (κ1) is 68.6. The molecule has 0 saturated heterocycles. The molecule has 0 aliphatic heterocycles. The zero-order valence-electron chi connectivity index (χ0n) is 47.8. The summed E-state index contributed by atoms with van der Waals surface area (Å²) in [6.45, 7) is 6.59. The lowest BCUT2D eigenvalue weighted by Crippen LogP contribution is -2.30. The second kappa shape index (κ2) is 60.2.